The first-order valence-corrected chi connectivity index (χ1v) is 11.5. The molecule has 0 spiro atoms. The van der Waals surface area contributed by atoms with Crippen molar-refractivity contribution in [3.8, 4) is 0 Å². The van der Waals surface area contributed by atoms with Crippen LogP contribution in [-0.2, 0) is 12.8 Å². The topological polar surface area (TPSA) is 32.3 Å². The summed E-state index contributed by atoms with van der Waals surface area (Å²) in [7, 11) is 0. The lowest BCUT2D eigenvalue weighted by molar-refractivity contribution is 0.133. The molecule has 4 nitrogen and oxygen atoms in total. The molecular weight excluding hydrogens is 352 g/mol. The molecule has 4 heterocycles. The lowest BCUT2D eigenvalue weighted by atomic mass is 9.91. The maximum Gasteiger partial charge on any atom is 0.0963 e. The van der Waals surface area contributed by atoms with Gasteiger partial charge in [0.2, 0.25) is 0 Å². The summed E-state index contributed by atoms with van der Waals surface area (Å²) in [6.07, 6.45) is 11.1. The van der Waals surface area contributed by atoms with E-state index in [1.807, 2.05) is 24.5 Å². The van der Waals surface area contributed by atoms with Gasteiger partial charge in [-0.15, -0.1) is 11.3 Å². The number of pyridine rings is 1. The lowest BCUT2D eigenvalue weighted by Crippen LogP contribution is -2.41. The molecule has 2 fully saturated rings. The molecule has 0 atom stereocenters. The SMILES string of the molecule is Cc1ccc(N2CCC(c3nc4c(s3)CCN(C3CCC3)CC4)CC2)cn1. The second-order valence-corrected chi connectivity index (χ2v) is 9.58. The molecule has 1 aliphatic carbocycles. The first-order valence-electron chi connectivity index (χ1n) is 10.7. The summed E-state index contributed by atoms with van der Waals surface area (Å²) in [6.45, 7) is 6.76. The third-order valence-electron chi connectivity index (χ3n) is 6.75. The van der Waals surface area contributed by atoms with Gasteiger partial charge in [0.15, 0.2) is 0 Å². The Morgan fingerprint density at radius 2 is 1.81 bits per heavy atom. The molecule has 1 saturated carbocycles. The second-order valence-electron chi connectivity index (χ2n) is 8.46. The number of thiazole rings is 1. The van der Waals surface area contributed by atoms with Crippen LogP contribution in [0.25, 0.3) is 0 Å². The Morgan fingerprint density at radius 1 is 1.00 bits per heavy atom. The van der Waals surface area contributed by atoms with E-state index < -0.39 is 0 Å². The predicted molar refractivity (Wildman–Crippen MR) is 112 cm³/mol. The third-order valence-corrected chi connectivity index (χ3v) is 8.07. The van der Waals surface area contributed by atoms with Gasteiger partial charge in [-0.3, -0.25) is 9.88 Å². The van der Waals surface area contributed by atoms with Gasteiger partial charge in [0.05, 0.1) is 22.6 Å². The predicted octanol–water partition coefficient (Wildman–Crippen LogP) is 4.18. The zero-order valence-electron chi connectivity index (χ0n) is 16.4. The van der Waals surface area contributed by atoms with E-state index in [-0.39, 0.29) is 0 Å². The second kappa shape index (κ2) is 7.51. The molecule has 0 aromatic carbocycles. The first-order chi connectivity index (χ1) is 13.3. The van der Waals surface area contributed by atoms with E-state index in [1.54, 1.807) is 4.88 Å². The molecule has 144 valence electrons. The minimum atomic E-state index is 0.652. The van der Waals surface area contributed by atoms with E-state index in [2.05, 4.69) is 26.9 Å². The van der Waals surface area contributed by atoms with Gasteiger partial charge in [-0.1, -0.05) is 6.42 Å². The highest BCUT2D eigenvalue weighted by atomic mass is 32.1. The van der Waals surface area contributed by atoms with Crippen molar-refractivity contribution in [1.29, 1.82) is 0 Å². The first kappa shape index (κ1) is 17.6. The Kier molecular flexibility index (Phi) is 4.91. The Balaban J connectivity index is 1.21. The van der Waals surface area contributed by atoms with Crippen LogP contribution in [-0.4, -0.2) is 47.1 Å². The standard InChI is InChI=1S/C22H30N4S/c1-16-5-6-19(15-23-16)26-11-7-17(8-12-26)22-24-20-9-13-25(18-3-2-4-18)14-10-21(20)27-22/h5-6,15,17-18H,2-4,7-14H2,1H3. The van der Waals surface area contributed by atoms with Gasteiger partial charge in [0, 0.05) is 55.1 Å². The van der Waals surface area contributed by atoms with Gasteiger partial charge in [0.25, 0.3) is 0 Å². The monoisotopic (exact) mass is 382 g/mol. The minimum absolute atomic E-state index is 0.652. The number of fused-ring (bicyclic) bond motifs is 1. The van der Waals surface area contributed by atoms with E-state index in [9.17, 15) is 0 Å². The molecule has 0 unspecified atom stereocenters. The van der Waals surface area contributed by atoms with Crippen molar-refractivity contribution in [1.82, 2.24) is 14.9 Å². The average molecular weight is 383 g/mol. The maximum absolute atomic E-state index is 5.14. The Bertz CT molecular complexity index is 747. The number of hydrogen-bond donors (Lipinski definition) is 0. The largest absolute Gasteiger partial charge is 0.370 e. The molecule has 0 amide bonds. The van der Waals surface area contributed by atoms with Crippen molar-refractivity contribution in [3.05, 3.63) is 39.6 Å². The van der Waals surface area contributed by atoms with Crippen molar-refractivity contribution in [3.63, 3.8) is 0 Å². The van der Waals surface area contributed by atoms with Crippen molar-refractivity contribution < 1.29 is 0 Å². The summed E-state index contributed by atoms with van der Waals surface area (Å²) in [4.78, 5) is 16.4. The molecule has 1 saturated heterocycles. The van der Waals surface area contributed by atoms with Crippen LogP contribution in [0.15, 0.2) is 18.3 Å². The fourth-order valence-corrected chi connectivity index (χ4v) is 5.99. The van der Waals surface area contributed by atoms with Gasteiger partial charge in [-0.05, 0) is 51.2 Å². The van der Waals surface area contributed by atoms with Crippen LogP contribution in [0.3, 0.4) is 0 Å². The summed E-state index contributed by atoms with van der Waals surface area (Å²) in [5, 5.41) is 1.42. The molecular formula is C22H30N4S. The van der Waals surface area contributed by atoms with Crippen LogP contribution in [0.1, 0.15) is 59.3 Å². The smallest absolute Gasteiger partial charge is 0.0963 e. The van der Waals surface area contributed by atoms with Gasteiger partial charge in [-0.2, -0.15) is 0 Å². The van der Waals surface area contributed by atoms with E-state index >= 15 is 0 Å². The highest BCUT2D eigenvalue weighted by Crippen LogP contribution is 2.36. The molecule has 3 aliphatic rings. The number of aryl methyl sites for hydroxylation is 1. The molecule has 0 N–H and O–H groups in total. The third kappa shape index (κ3) is 3.64. The summed E-state index contributed by atoms with van der Waals surface area (Å²) < 4.78 is 0. The average Bonchev–Trinajstić information content (AvgIpc) is 2.97. The van der Waals surface area contributed by atoms with Crippen LogP contribution in [0.4, 0.5) is 5.69 Å². The number of anilines is 1. The quantitative estimate of drug-likeness (QED) is 0.797. The van der Waals surface area contributed by atoms with E-state index in [1.165, 1.54) is 68.0 Å². The Labute approximate surface area is 166 Å². The van der Waals surface area contributed by atoms with Crippen molar-refractivity contribution in [2.45, 2.75) is 63.8 Å². The Hall–Kier alpha value is -1.46. The molecule has 2 aliphatic heterocycles. The van der Waals surface area contributed by atoms with Gasteiger partial charge < -0.3 is 4.90 Å². The minimum Gasteiger partial charge on any atom is -0.370 e. The number of rotatable bonds is 3. The molecule has 5 rings (SSSR count). The van der Waals surface area contributed by atoms with Crippen molar-refractivity contribution in [2.24, 2.45) is 0 Å². The fourth-order valence-electron chi connectivity index (χ4n) is 4.72. The van der Waals surface area contributed by atoms with Crippen LogP contribution >= 0.6 is 11.3 Å². The number of piperidine rings is 1. The van der Waals surface area contributed by atoms with E-state index in [4.69, 9.17) is 4.98 Å². The van der Waals surface area contributed by atoms with E-state index in [0.717, 1.165) is 31.2 Å². The van der Waals surface area contributed by atoms with Gasteiger partial charge >= 0.3 is 0 Å². The number of hydrogen-bond acceptors (Lipinski definition) is 5. The van der Waals surface area contributed by atoms with E-state index in [0.29, 0.717) is 5.92 Å². The fraction of sp³-hybridized carbons (Fsp3) is 0.636. The van der Waals surface area contributed by atoms with Crippen LogP contribution in [0.2, 0.25) is 0 Å². The molecule has 27 heavy (non-hydrogen) atoms. The zero-order valence-corrected chi connectivity index (χ0v) is 17.2. The van der Waals surface area contributed by atoms with Crippen LogP contribution in [0, 0.1) is 6.92 Å². The molecule has 0 bridgehead atoms. The normalized spacial score (nSPS) is 22.3. The molecule has 2 aromatic heterocycles. The molecule has 2 aromatic rings. The van der Waals surface area contributed by atoms with Crippen molar-refractivity contribution in [2.75, 3.05) is 31.1 Å². The maximum atomic E-state index is 5.14. The van der Waals surface area contributed by atoms with Crippen molar-refractivity contribution >= 4 is 17.0 Å². The summed E-state index contributed by atoms with van der Waals surface area (Å²) >= 11 is 2.02. The molecule has 0 radical (unpaired) electrons. The summed E-state index contributed by atoms with van der Waals surface area (Å²) in [5.74, 6) is 0.652. The summed E-state index contributed by atoms with van der Waals surface area (Å²) in [6, 6.07) is 5.20. The number of aromatic nitrogens is 2. The molecule has 5 heteroatoms. The lowest BCUT2D eigenvalue weighted by Gasteiger charge is -2.36. The van der Waals surface area contributed by atoms with Crippen LogP contribution in [0.5, 0.6) is 0 Å². The zero-order chi connectivity index (χ0) is 18.2. The van der Waals surface area contributed by atoms with Gasteiger partial charge in [-0.25, -0.2) is 4.98 Å². The highest BCUT2D eigenvalue weighted by molar-refractivity contribution is 7.11. The van der Waals surface area contributed by atoms with Gasteiger partial charge in [0.1, 0.15) is 0 Å². The Morgan fingerprint density at radius 3 is 2.52 bits per heavy atom. The summed E-state index contributed by atoms with van der Waals surface area (Å²) in [5.41, 5.74) is 3.78. The number of nitrogens with zero attached hydrogens (tertiary/aromatic N) is 4. The highest BCUT2D eigenvalue weighted by Gasteiger charge is 2.29. The van der Waals surface area contributed by atoms with Crippen LogP contribution < -0.4 is 4.90 Å².